The fourth-order valence-corrected chi connectivity index (χ4v) is 1.43. The van der Waals surface area contributed by atoms with Gasteiger partial charge in [-0.15, -0.1) is 0 Å². The van der Waals surface area contributed by atoms with E-state index in [-0.39, 0.29) is 0 Å². The van der Waals surface area contributed by atoms with E-state index in [1.54, 1.807) is 13.0 Å². The van der Waals surface area contributed by atoms with Crippen LogP contribution < -0.4 is 0 Å². The molecule has 1 heteroatoms. The molecule has 55 valence electrons. The zero-order valence-corrected chi connectivity index (χ0v) is 6.37. The molecular weight excluding hydrogens is 136 g/mol. The molecule has 0 spiro atoms. The van der Waals surface area contributed by atoms with Crippen LogP contribution in [-0.2, 0) is 10.7 Å². The van der Waals surface area contributed by atoms with Gasteiger partial charge in [0.1, 0.15) is 5.60 Å². The zero-order valence-electron chi connectivity index (χ0n) is 6.37. The number of fused-ring (bicyclic) bond motifs is 1. The minimum absolute atomic E-state index is 0.889. The summed E-state index contributed by atoms with van der Waals surface area (Å²) in [7, 11) is 0. The summed E-state index contributed by atoms with van der Waals surface area (Å²) in [4.78, 5) is 0. The summed E-state index contributed by atoms with van der Waals surface area (Å²) in [6.45, 7) is 1.69. The van der Waals surface area contributed by atoms with Crippen LogP contribution in [0.5, 0.6) is 0 Å². The summed E-state index contributed by atoms with van der Waals surface area (Å²) in [5.41, 5.74) is 0.946. The molecule has 0 saturated heterocycles. The summed E-state index contributed by atoms with van der Waals surface area (Å²) in [6, 6.07) is 7.71. The molecule has 0 heterocycles. The van der Waals surface area contributed by atoms with Gasteiger partial charge in [0.25, 0.3) is 0 Å². The van der Waals surface area contributed by atoms with Crippen LogP contribution in [0.1, 0.15) is 18.1 Å². The molecule has 1 unspecified atom stereocenters. The number of rotatable bonds is 0. The first-order chi connectivity index (χ1) is 5.20. The Labute approximate surface area is 66.0 Å². The van der Waals surface area contributed by atoms with Crippen LogP contribution in [0.3, 0.4) is 0 Å². The Morgan fingerprint density at radius 1 is 1.27 bits per heavy atom. The molecule has 1 atom stereocenters. The van der Waals surface area contributed by atoms with Gasteiger partial charge in [0.05, 0.1) is 0 Å². The highest BCUT2D eigenvalue weighted by atomic mass is 16.3. The van der Waals surface area contributed by atoms with Crippen molar-refractivity contribution in [2.45, 2.75) is 12.5 Å². The van der Waals surface area contributed by atoms with Gasteiger partial charge in [-0.05, 0) is 24.1 Å². The molecule has 0 fully saturated rings. The van der Waals surface area contributed by atoms with Crippen molar-refractivity contribution in [1.82, 2.24) is 0 Å². The molecular formula is C10H9O. The monoisotopic (exact) mass is 145 g/mol. The Morgan fingerprint density at radius 2 is 2.00 bits per heavy atom. The van der Waals surface area contributed by atoms with Crippen molar-refractivity contribution in [1.29, 1.82) is 0 Å². The van der Waals surface area contributed by atoms with Gasteiger partial charge in [-0.25, -0.2) is 5.11 Å². The normalized spacial score (nSPS) is 27.1. The van der Waals surface area contributed by atoms with Crippen molar-refractivity contribution in [2.24, 2.45) is 0 Å². The van der Waals surface area contributed by atoms with Gasteiger partial charge in [-0.3, -0.25) is 0 Å². The van der Waals surface area contributed by atoms with Crippen molar-refractivity contribution in [3.63, 3.8) is 0 Å². The van der Waals surface area contributed by atoms with E-state index in [1.807, 2.05) is 30.3 Å². The van der Waals surface area contributed by atoms with Crippen molar-refractivity contribution in [3.8, 4) is 0 Å². The fourth-order valence-electron chi connectivity index (χ4n) is 1.43. The molecule has 0 saturated carbocycles. The second kappa shape index (κ2) is 1.95. The summed E-state index contributed by atoms with van der Waals surface area (Å²) < 4.78 is 0. The number of hydrogen-bond acceptors (Lipinski definition) is 0. The van der Waals surface area contributed by atoms with Gasteiger partial charge in [-0.1, -0.05) is 30.3 Å². The van der Waals surface area contributed by atoms with Crippen LogP contribution in [0.4, 0.5) is 0 Å². The Morgan fingerprint density at radius 3 is 2.73 bits per heavy atom. The lowest BCUT2D eigenvalue weighted by Gasteiger charge is -2.12. The second-order valence-electron chi connectivity index (χ2n) is 3.03. The highest BCUT2D eigenvalue weighted by molar-refractivity contribution is 5.63. The molecule has 0 N–H and O–H groups in total. The van der Waals surface area contributed by atoms with E-state index in [2.05, 4.69) is 0 Å². The number of benzene rings is 1. The molecule has 0 amide bonds. The minimum Gasteiger partial charge on any atom is -0.220 e. The Balaban J connectivity index is 2.64. The van der Waals surface area contributed by atoms with E-state index >= 15 is 0 Å². The minimum atomic E-state index is -1.00. The maximum Gasteiger partial charge on any atom is 0.145 e. The molecule has 1 aliphatic carbocycles. The van der Waals surface area contributed by atoms with E-state index in [9.17, 15) is 5.11 Å². The molecule has 0 aromatic heterocycles. The highest BCUT2D eigenvalue weighted by Crippen LogP contribution is 2.33. The van der Waals surface area contributed by atoms with E-state index < -0.39 is 5.60 Å². The fraction of sp³-hybridized carbons (Fsp3) is 0.200. The first-order valence-electron chi connectivity index (χ1n) is 3.69. The molecule has 0 aliphatic heterocycles. The maximum atomic E-state index is 11.6. The standard InChI is InChI=1S/C10H9O/c1-10(11)7-6-8-4-2-3-5-9(8)10/h2-7H,1H3. The average Bonchev–Trinajstić information content (AvgIpc) is 2.29. The Bertz CT molecular complexity index is 310. The van der Waals surface area contributed by atoms with Crippen LogP contribution >= 0.6 is 0 Å². The molecule has 1 aromatic rings. The smallest absolute Gasteiger partial charge is 0.145 e. The summed E-state index contributed by atoms with van der Waals surface area (Å²) in [5, 5.41) is 11.6. The first-order valence-corrected chi connectivity index (χ1v) is 3.69. The SMILES string of the molecule is CC1([O])C=Cc2ccccc21. The molecule has 1 aromatic carbocycles. The van der Waals surface area contributed by atoms with Crippen LogP contribution in [0.25, 0.3) is 6.08 Å². The second-order valence-corrected chi connectivity index (χ2v) is 3.03. The summed E-state index contributed by atoms with van der Waals surface area (Å²) in [5.74, 6) is 0. The topological polar surface area (TPSA) is 19.9 Å². The van der Waals surface area contributed by atoms with E-state index in [1.165, 1.54) is 0 Å². The Hall–Kier alpha value is -1.08. The third-order valence-corrected chi connectivity index (χ3v) is 2.08. The molecule has 0 bridgehead atoms. The molecule has 11 heavy (non-hydrogen) atoms. The summed E-state index contributed by atoms with van der Waals surface area (Å²) >= 11 is 0. The lowest BCUT2D eigenvalue weighted by molar-refractivity contribution is 0.0311. The predicted octanol–water partition coefficient (Wildman–Crippen LogP) is 2.36. The molecule has 2 rings (SSSR count). The molecule has 1 radical (unpaired) electrons. The van der Waals surface area contributed by atoms with Crippen molar-refractivity contribution in [2.75, 3.05) is 0 Å². The van der Waals surface area contributed by atoms with Crippen LogP contribution in [-0.4, -0.2) is 0 Å². The third kappa shape index (κ3) is 0.889. The van der Waals surface area contributed by atoms with Gasteiger partial charge in [0.2, 0.25) is 0 Å². The van der Waals surface area contributed by atoms with Crippen molar-refractivity contribution in [3.05, 3.63) is 41.5 Å². The quantitative estimate of drug-likeness (QED) is 0.534. The number of hydrogen-bond donors (Lipinski definition) is 0. The van der Waals surface area contributed by atoms with Crippen molar-refractivity contribution >= 4 is 6.08 Å². The summed E-state index contributed by atoms with van der Waals surface area (Å²) in [6.07, 6.45) is 3.60. The van der Waals surface area contributed by atoms with Crippen LogP contribution in [0.15, 0.2) is 30.3 Å². The van der Waals surface area contributed by atoms with E-state index in [0.29, 0.717) is 0 Å². The first kappa shape index (κ1) is 6.62. The van der Waals surface area contributed by atoms with Gasteiger partial charge in [-0.2, -0.15) is 0 Å². The predicted molar refractivity (Wildman–Crippen MR) is 43.5 cm³/mol. The van der Waals surface area contributed by atoms with Crippen molar-refractivity contribution < 1.29 is 5.11 Å². The molecule has 1 nitrogen and oxygen atoms in total. The van der Waals surface area contributed by atoms with Gasteiger partial charge in [0.15, 0.2) is 0 Å². The van der Waals surface area contributed by atoms with Gasteiger partial charge in [0, 0.05) is 0 Å². The maximum absolute atomic E-state index is 11.6. The Kier molecular flexibility index (Phi) is 1.18. The molecule has 1 aliphatic rings. The van der Waals surface area contributed by atoms with Gasteiger partial charge < -0.3 is 0 Å². The van der Waals surface area contributed by atoms with E-state index in [4.69, 9.17) is 0 Å². The third-order valence-electron chi connectivity index (χ3n) is 2.08. The van der Waals surface area contributed by atoms with Gasteiger partial charge >= 0.3 is 0 Å². The lowest BCUT2D eigenvalue weighted by atomic mass is 9.99. The zero-order chi connectivity index (χ0) is 7.90. The van der Waals surface area contributed by atoms with Crippen LogP contribution in [0, 0.1) is 0 Å². The highest BCUT2D eigenvalue weighted by Gasteiger charge is 2.28. The van der Waals surface area contributed by atoms with E-state index in [0.717, 1.165) is 11.1 Å². The largest absolute Gasteiger partial charge is 0.220 e. The van der Waals surface area contributed by atoms with Crippen LogP contribution in [0.2, 0.25) is 0 Å². The average molecular weight is 145 g/mol. The lowest BCUT2D eigenvalue weighted by Crippen LogP contribution is -2.12.